The van der Waals surface area contributed by atoms with Gasteiger partial charge in [-0.1, -0.05) is 0 Å². The summed E-state index contributed by atoms with van der Waals surface area (Å²) in [6, 6.07) is 11.6. The molecule has 13 heteroatoms. The van der Waals surface area contributed by atoms with Crippen LogP contribution in [0.5, 0.6) is 0 Å². The Balaban J connectivity index is 1.62. The molecule has 4 rings (SSSR count). The van der Waals surface area contributed by atoms with E-state index in [9.17, 15) is 22.0 Å². The van der Waals surface area contributed by atoms with Crippen LogP contribution in [0.15, 0.2) is 64.4 Å². The van der Waals surface area contributed by atoms with Crippen molar-refractivity contribution in [3.63, 3.8) is 0 Å². The number of fused-ring (bicyclic) bond motifs is 1. The highest BCUT2D eigenvalue weighted by atomic mass is 32.2. The monoisotopic (exact) mass is 600 g/mol. The van der Waals surface area contributed by atoms with Gasteiger partial charge in [0, 0.05) is 50.1 Å². The van der Waals surface area contributed by atoms with E-state index in [-0.39, 0.29) is 10.7 Å². The van der Waals surface area contributed by atoms with Gasteiger partial charge in [0.15, 0.2) is 5.82 Å². The molecule has 3 N–H and O–H groups in total. The number of amides is 1. The van der Waals surface area contributed by atoms with Crippen LogP contribution in [-0.2, 0) is 14.6 Å². The van der Waals surface area contributed by atoms with Crippen LogP contribution >= 0.6 is 0 Å². The third kappa shape index (κ3) is 7.22. The molecule has 1 heterocycles. The van der Waals surface area contributed by atoms with Gasteiger partial charge in [0.25, 0.3) is 5.91 Å². The highest BCUT2D eigenvalue weighted by molar-refractivity contribution is 7.91. The van der Waals surface area contributed by atoms with Crippen molar-refractivity contribution < 1.29 is 26.7 Å². The van der Waals surface area contributed by atoms with Gasteiger partial charge in [0.1, 0.15) is 11.6 Å². The standard InChI is InChI=1S/C29H34F2N6O4S/c1-36(2)11-5-12-37(3)21-6-8-24(27(17-21)32-10-13-41-4)29(38)33-28-25-18-22(7-9-26(25)34-35-28)42(39,40)23-15-19(30)14-20(31)16-23/h6-9,14-18,32H,5,10-13H2,1-4H3,(H2,33,34,35,38). The van der Waals surface area contributed by atoms with Gasteiger partial charge in [-0.2, -0.15) is 5.10 Å². The Labute approximate surface area is 243 Å². The average molecular weight is 601 g/mol. The number of sulfone groups is 1. The SMILES string of the molecule is COCCNc1cc(N(C)CCCN(C)C)ccc1C(=O)Nc1n[nH]c2ccc(S(=O)(=O)c3cc(F)cc(F)c3)cc12. The van der Waals surface area contributed by atoms with Crippen molar-refractivity contribution in [3.05, 3.63) is 71.8 Å². The predicted molar refractivity (Wildman–Crippen MR) is 159 cm³/mol. The van der Waals surface area contributed by atoms with Crippen LogP contribution in [0.4, 0.5) is 26.0 Å². The van der Waals surface area contributed by atoms with Crippen molar-refractivity contribution in [2.75, 3.05) is 70.0 Å². The average Bonchev–Trinajstić information content (AvgIpc) is 3.34. The summed E-state index contributed by atoms with van der Waals surface area (Å²) in [5.41, 5.74) is 2.34. The van der Waals surface area contributed by atoms with E-state index >= 15 is 0 Å². The summed E-state index contributed by atoms with van der Waals surface area (Å²) in [5.74, 6) is -2.38. The van der Waals surface area contributed by atoms with Crippen molar-refractivity contribution in [2.45, 2.75) is 16.2 Å². The Morgan fingerprint density at radius 3 is 2.40 bits per heavy atom. The highest BCUT2D eigenvalue weighted by Crippen LogP contribution is 2.30. The van der Waals surface area contributed by atoms with E-state index in [4.69, 9.17) is 4.74 Å². The van der Waals surface area contributed by atoms with Gasteiger partial charge >= 0.3 is 0 Å². The third-order valence-corrected chi connectivity index (χ3v) is 8.36. The van der Waals surface area contributed by atoms with E-state index in [2.05, 4.69) is 30.6 Å². The summed E-state index contributed by atoms with van der Waals surface area (Å²) >= 11 is 0. The first-order valence-corrected chi connectivity index (χ1v) is 14.7. The van der Waals surface area contributed by atoms with Crippen LogP contribution in [0, 0.1) is 11.6 Å². The van der Waals surface area contributed by atoms with E-state index < -0.39 is 32.3 Å². The molecule has 0 bridgehead atoms. The molecule has 0 saturated heterocycles. The predicted octanol–water partition coefficient (Wildman–Crippen LogP) is 4.37. The number of benzene rings is 3. The summed E-state index contributed by atoms with van der Waals surface area (Å²) in [7, 11) is 3.37. The molecular weight excluding hydrogens is 566 g/mol. The summed E-state index contributed by atoms with van der Waals surface area (Å²) < 4.78 is 58.9. The van der Waals surface area contributed by atoms with Gasteiger partial charge in [-0.15, -0.1) is 0 Å². The van der Waals surface area contributed by atoms with Gasteiger partial charge in [-0.3, -0.25) is 9.89 Å². The summed E-state index contributed by atoms with van der Waals surface area (Å²) in [4.78, 5) is 17.0. The Morgan fingerprint density at radius 1 is 0.976 bits per heavy atom. The molecule has 224 valence electrons. The molecule has 42 heavy (non-hydrogen) atoms. The van der Waals surface area contributed by atoms with Crippen LogP contribution in [0.1, 0.15) is 16.8 Å². The molecule has 0 fully saturated rings. The number of H-pyrrole nitrogens is 1. The zero-order valence-electron chi connectivity index (χ0n) is 23.9. The Bertz CT molecular complexity index is 1660. The minimum Gasteiger partial charge on any atom is -0.383 e. The molecule has 0 atom stereocenters. The number of carbonyl (C=O) groups excluding carboxylic acids is 1. The molecule has 0 spiro atoms. The van der Waals surface area contributed by atoms with Gasteiger partial charge in [0.05, 0.1) is 27.5 Å². The van der Waals surface area contributed by atoms with Crippen molar-refractivity contribution >= 4 is 43.8 Å². The van der Waals surface area contributed by atoms with Gasteiger partial charge in [-0.25, -0.2) is 17.2 Å². The highest BCUT2D eigenvalue weighted by Gasteiger charge is 2.22. The molecule has 0 saturated carbocycles. The van der Waals surface area contributed by atoms with Crippen molar-refractivity contribution in [2.24, 2.45) is 0 Å². The maximum atomic E-state index is 13.7. The molecule has 0 aliphatic carbocycles. The maximum absolute atomic E-state index is 13.7. The van der Waals surface area contributed by atoms with Crippen LogP contribution in [0.3, 0.4) is 0 Å². The molecule has 1 amide bonds. The lowest BCUT2D eigenvalue weighted by Gasteiger charge is -2.22. The zero-order chi connectivity index (χ0) is 30.4. The first-order valence-electron chi connectivity index (χ1n) is 13.2. The topological polar surface area (TPSA) is 120 Å². The molecule has 4 aromatic rings. The lowest BCUT2D eigenvalue weighted by atomic mass is 10.1. The fourth-order valence-corrected chi connectivity index (χ4v) is 5.73. The van der Waals surface area contributed by atoms with E-state index in [0.29, 0.717) is 41.4 Å². The molecule has 0 aliphatic rings. The number of rotatable bonds is 13. The van der Waals surface area contributed by atoms with Gasteiger partial charge in [0.2, 0.25) is 9.84 Å². The molecule has 0 aliphatic heterocycles. The minimum absolute atomic E-state index is 0.102. The lowest BCUT2D eigenvalue weighted by molar-refractivity contribution is 0.102. The van der Waals surface area contributed by atoms with E-state index in [1.54, 1.807) is 13.2 Å². The zero-order valence-corrected chi connectivity index (χ0v) is 24.7. The minimum atomic E-state index is -4.26. The second-order valence-corrected chi connectivity index (χ2v) is 12.0. The van der Waals surface area contributed by atoms with Crippen LogP contribution in [-0.4, -0.2) is 83.9 Å². The van der Waals surface area contributed by atoms with Crippen molar-refractivity contribution in [3.8, 4) is 0 Å². The number of anilines is 3. The van der Waals surface area contributed by atoms with Gasteiger partial charge < -0.3 is 25.2 Å². The Morgan fingerprint density at radius 2 is 1.71 bits per heavy atom. The Hall–Kier alpha value is -4.07. The number of carbonyl (C=O) groups is 1. The largest absolute Gasteiger partial charge is 0.383 e. The third-order valence-electron chi connectivity index (χ3n) is 6.63. The van der Waals surface area contributed by atoms with Crippen LogP contribution < -0.4 is 15.5 Å². The number of aromatic amines is 1. The summed E-state index contributed by atoms with van der Waals surface area (Å²) in [5, 5.41) is 13.2. The number of hydrogen-bond donors (Lipinski definition) is 3. The number of nitrogens with one attached hydrogen (secondary N) is 3. The fourth-order valence-electron chi connectivity index (χ4n) is 4.41. The Kier molecular flexibility index (Phi) is 9.76. The number of halogens is 2. The van der Waals surface area contributed by atoms with E-state index in [1.165, 1.54) is 18.2 Å². The van der Waals surface area contributed by atoms with E-state index in [0.717, 1.165) is 37.3 Å². The number of methoxy groups -OCH3 is 1. The second kappa shape index (κ2) is 13.3. The number of hydrogen-bond acceptors (Lipinski definition) is 8. The molecule has 0 radical (unpaired) electrons. The first kappa shape index (κ1) is 30.9. The molecular formula is C29H34F2N6O4S. The normalized spacial score (nSPS) is 11.7. The quantitative estimate of drug-likeness (QED) is 0.194. The van der Waals surface area contributed by atoms with Gasteiger partial charge in [-0.05, 0) is 75.6 Å². The van der Waals surface area contributed by atoms with E-state index in [1.807, 2.05) is 33.3 Å². The lowest BCUT2D eigenvalue weighted by Crippen LogP contribution is -2.24. The maximum Gasteiger partial charge on any atom is 0.258 e. The molecule has 0 unspecified atom stereocenters. The number of ether oxygens (including phenoxy) is 1. The molecule has 10 nitrogen and oxygen atoms in total. The smallest absolute Gasteiger partial charge is 0.258 e. The molecule has 3 aromatic carbocycles. The van der Waals surface area contributed by atoms with Crippen molar-refractivity contribution in [1.82, 2.24) is 15.1 Å². The van der Waals surface area contributed by atoms with Crippen LogP contribution in [0.2, 0.25) is 0 Å². The summed E-state index contributed by atoms with van der Waals surface area (Å²) in [6.45, 7) is 2.68. The number of nitrogens with zero attached hydrogens (tertiary/aromatic N) is 3. The second-order valence-electron chi connectivity index (χ2n) is 10.1. The first-order chi connectivity index (χ1) is 20.0. The number of aromatic nitrogens is 2. The van der Waals surface area contributed by atoms with Crippen LogP contribution in [0.25, 0.3) is 10.9 Å². The van der Waals surface area contributed by atoms with Crippen molar-refractivity contribution in [1.29, 1.82) is 0 Å². The fraction of sp³-hybridized carbons (Fsp3) is 0.310. The molecule has 1 aromatic heterocycles. The summed E-state index contributed by atoms with van der Waals surface area (Å²) in [6.07, 6.45) is 0.969.